The third kappa shape index (κ3) is 2.58. The average Bonchev–Trinajstić information content (AvgIpc) is 2.36. The predicted molar refractivity (Wildman–Crippen MR) is 67.2 cm³/mol. The Labute approximate surface area is 102 Å². The van der Waals surface area contributed by atoms with Gasteiger partial charge in [-0.25, -0.2) is 4.98 Å². The molecule has 2 aliphatic heterocycles. The predicted octanol–water partition coefficient (Wildman–Crippen LogP) is 0.850. The Bertz CT molecular complexity index is 345. The number of anilines is 1. The second-order valence-corrected chi connectivity index (χ2v) is 4.88. The molecule has 1 aromatic heterocycles. The molecule has 17 heavy (non-hydrogen) atoms. The maximum absolute atomic E-state index is 5.22. The van der Waals surface area contributed by atoms with Crippen LogP contribution in [-0.2, 0) is 4.74 Å². The van der Waals surface area contributed by atoms with Gasteiger partial charge in [-0.15, -0.1) is 0 Å². The van der Waals surface area contributed by atoms with Gasteiger partial charge in [0.25, 0.3) is 0 Å². The minimum atomic E-state index is 0.774. The lowest BCUT2D eigenvalue weighted by Crippen LogP contribution is -2.50. The van der Waals surface area contributed by atoms with Crippen LogP contribution < -0.4 is 4.90 Å². The van der Waals surface area contributed by atoms with Crippen molar-refractivity contribution in [2.75, 3.05) is 50.8 Å². The van der Waals surface area contributed by atoms with Crippen LogP contribution in [0.15, 0.2) is 24.4 Å². The molecule has 0 aromatic carbocycles. The van der Waals surface area contributed by atoms with E-state index in [0.29, 0.717) is 0 Å². The van der Waals surface area contributed by atoms with Crippen molar-refractivity contribution >= 4 is 5.82 Å². The first-order valence-corrected chi connectivity index (χ1v) is 6.38. The third-order valence-corrected chi connectivity index (χ3v) is 3.57. The first-order valence-electron chi connectivity index (χ1n) is 6.38. The smallest absolute Gasteiger partial charge is 0.128 e. The summed E-state index contributed by atoms with van der Waals surface area (Å²) in [5.41, 5.74) is 0. The standard InChI is InChI=1S/C13H19N3O/c1-2-4-14-13(3-1)16-7-5-15(6-8-16)9-12-10-17-11-12/h1-4,12H,5-11H2. The molecular weight excluding hydrogens is 214 g/mol. The van der Waals surface area contributed by atoms with Crippen molar-refractivity contribution in [1.82, 2.24) is 9.88 Å². The van der Waals surface area contributed by atoms with Crippen LogP contribution >= 0.6 is 0 Å². The van der Waals surface area contributed by atoms with E-state index in [9.17, 15) is 0 Å². The molecule has 0 spiro atoms. The number of hydrogen-bond donors (Lipinski definition) is 0. The zero-order valence-electron chi connectivity index (χ0n) is 10.1. The van der Waals surface area contributed by atoms with Gasteiger partial charge in [0, 0.05) is 44.8 Å². The zero-order chi connectivity index (χ0) is 11.5. The summed E-state index contributed by atoms with van der Waals surface area (Å²) in [6.07, 6.45) is 1.87. The summed E-state index contributed by atoms with van der Waals surface area (Å²) in [6.45, 7) is 7.59. The molecule has 4 nitrogen and oxygen atoms in total. The lowest BCUT2D eigenvalue weighted by atomic mass is 10.1. The zero-order valence-corrected chi connectivity index (χ0v) is 10.1. The van der Waals surface area contributed by atoms with E-state index in [1.807, 2.05) is 12.3 Å². The second kappa shape index (κ2) is 5.02. The summed E-state index contributed by atoms with van der Waals surface area (Å²) in [5.74, 6) is 1.88. The van der Waals surface area contributed by atoms with E-state index in [-0.39, 0.29) is 0 Å². The highest BCUT2D eigenvalue weighted by Gasteiger charge is 2.24. The van der Waals surface area contributed by atoms with Crippen LogP contribution in [0.3, 0.4) is 0 Å². The lowest BCUT2D eigenvalue weighted by Gasteiger charge is -2.38. The number of nitrogens with zero attached hydrogens (tertiary/aromatic N) is 3. The Kier molecular flexibility index (Phi) is 3.25. The molecule has 3 rings (SSSR count). The molecule has 1 aromatic rings. The molecule has 0 N–H and O–H groups in total. The summed E-state index contributed by atoms with van der Waals surface area (Å²) in [7, 11) is 0. The quantitative estimate of drug-likeness (QED) is 0.774. The van der Waals surface area contributed by atoms with Crippen molar-refractivity contribution < 1.29 is 4.74 Å². The maximum Gasteiger partial charge on any atom is 0.128 e. The van der Waals surface area contributed by atoms with Crippen LogP contribution in [0, 0.1) is 5.92 Å². The van der Waals surface area contributed by atoms with E-state index in [0.717, 1.165) is 51.1 Å². The molecule has 0 amide bonds. The molecule has 2 aliphatic rings. The van der Waals surface area contributed by atoms with Gasteiger partial charge in [-0.05, 0) is 12.1 Å². The second-order valence-electron chi connectivity index (χ2n) is 4.88. The minimum Gasteiger partial charge on any atom is -0.381 e. The molecule has 0 radical (unpaired) electrons. The Morgan fingerprint density at radius 2 is 2.00 bits per heavy atom. The van der Waals surface area contributed by atoms with Crippen molar-refractivity contribution in [1.29, 1.82) is 0 Å². The van der Waals surface area contributed by atoms with Gasteiger partial charge in [0.15, 0.2) is 0 Å². The fourth-order valence-electron chi connectivity index (χ4n) is 2.46. The number of aromatic nitrogens is 1. The van der Waals surface area contributed by atoms with E-state index < -0.39 is 0 Å². The van der Waals surface area contributed by atoms with E-state index >= 15 is 0 Å². The summed E-state index contributed by atoms with van der Waals surface area (Å²) >= 11 is 0. The van der Waals surface area contributed by atoms with Crippen LogP contribution in [0.2, 0.25) is 0 Å². The topological polar surface area (TPSA) is 28.6 Å². The number of pyridine rings is 1. The normalized spacial score (nSPS) is 22.5. The Balaban J connectivity index is 1.50. The summed E-state index contributed by atoms with van der Waals surface area (Å²) in [5, 5.41) is 0. The van der Waals surface area contributed by atoms with Crippen molar-refractivity contribution in [3.63, 3.8) is 0 Å². The van der Waals surface area contributed by atoms with Crippen LogP contribution in [0.1, 0.15) is 0 Å². The van der Waals surface area contributed by atoms with Gasteiger partial charge in [-0.2, -0.15) is 0 Å². The number of piperazine rings is 1. The van der Waals surface area contributed by atoms with Crippen molar-refractivity contribution in [2.24, 2.45) is 5.92 Å². The summed E-state index contributed by atoms with van der Waals surface area (Å²) in [4.78, 5) is 9.32. The van der Waals surface area contributed by atoms with Gasteiger partial charge >= 0.3 is 0 Å². The first-order chi connectivity index (χ1) is 8.42. The van der Waals surface area contributed by atoms with Crippen molar-refractivity contribution in [3.05, 3.63) is 24.4 Å². The monoisotopic (exact) mass is 233 g/mol. The summed E-state index contributed by atoms with van der Waals surface area (Å²) in [6, 6.07) is 6.12. The van der Waals surface area contributed by atoms with Gasteiger partial charge in [-0.3, -0.25) is 4.90 Å². The van der Waals surface area contributed by atoms with E-state index in [1.165, 1.54) is 6.54 Å². The SMILES string of the molecule is c1ccc(N2CCN(CC3COC3)CC2)nc1. The molecule has 0 aliphatic carbocycles. The molecule has 0 saturated carbocycles. The Morgan fingerprint density at radius 3 is 2.59 bits per heavy atom. The van der Waals surface area contributed by atoms with Gasteiger partial charge < -0.3 is 9.64 Å². The molecule has 0 bridgehead atoms. The van der Waals surface area contributed by atoms with Gasteiger partial charge in [-0.1, -0.05) is 6.07 Å². The van der Waals surface area contributed by atoms with Gasteiger partial charge in [0.1, 0.15) is 5.82 Å². The minimum absolute atomic E-state index is 0.774. The number of ether oxygens (including phenoxy) is 1. The van der Waals surface area contributed by atoms with Crippen molar-refractivity contribution in [2.45, 2.75) is 0 Å². The molecule has 92 valence electrons. The number of rotatable bonds is 3. The largest absolute Gasteiger partial charge is 0.381 e. The highest BCUT2D eigenvalue weighted by atomic mass is 16.5. The first kappa shape index (κ1) is 11.0. The van der Waals surface area contributed by atoms with Crippen LogP contribution in [-0.4, -0.2) is 55.8 Å². The Hall–Kier alpha value is -1.13. The molecule has 2 fully saturated rings. The molecule has 3 heterocycles. The van der Waals surface area contributed by atoms with Crippen molar-refractivity contribution in [3.8, 4) is 0 Å². The molecule has 4 heteroatoms. The van der Waals surface area contributed by atoms with E-state index in [4.69, 9.17) is 4.74 Å². The van der Waals surface area contributed by atoms with Crippen LogP contribution in [0.5, 0.6) is 0 Å². The van der Waals surface area contributed by atoms with Gasteiger partial charge in [0.2, 0.25) is 0 Å². The molecule has 0 atom stereocenters. The summed E-state index contributed by atoms with van der Waals surface area (Å²) < 4.78 is 5.22. The van der Waals surface area contributed by atoms with Crippen LogP contribution in [0.25, 0.3) is 0 Å². The number of hydrogen-bond acceptors (Lipinski definition) is 4. The highest BCUT2D eigenvalue weighted by Crippen LogP contribution is 2.16. The Morgan fingerprint density at radius 1 is 1.18 bits per heavy atom. The van der Waals surface area contributed by atoms with Crippen LogP contribution in [0.4, 0.5) is 5.82 Å². The maximum atomic E-state index is 5.22. The molecule has 0 unspecified atom stereocenters. The third-order valence-electron chi connectivity index (χ3n) is 3.57. The van der Waals surface area contributed by atoms with E-state index in [1.54, 1.807) is 0 Å². The lowest BCUT2D eigenvalue weighted by molar-refractivity contribution is -0.0469. The highest BCUT2D eigenvalue weighted by molar-refractivity contribution is 5.38. The fourth-order valence-corrected chi connectivity index (χ4v) is 2.46. The molecule has 2 saturated heterocycles. The van der Waals surface area contributed by atoms with Gasteiger partial charge in [0.05, 0.1) is 13.2 Å². The fraction of sp³-hybridized carbons (Fsp3) is 0.615. The average molecular weight is 233 g/mol. The molecular formula is C13H19N3O. The van der Waals surface area contributed by atoms with E-state index in [2.05, 4.69) is 26.9 Å².